The van der Waals surface area contributed by atoms with Gasteiger partial charge < -0.3 is 5.32 Å². The van der Waals surface area contributed by atoms with Gasteiger partial charge in [0.25, 0.3) is 0 Å². The summed E-state index contributed by atoms with van der Waals surface area (Å²) in [6, 6.07) is 18.4. The zero-order valence-corrected chi connectivity index (χ0v) is 15.2. The van der Waals surface area contributed by atoms with Crippen LogP contribution in [-0.4, -0.2) is 23.9 Å². The van der Waals surface area contributed by atoms with Gasteiger partial charge in [0.2, 0.25) is 5.91 Å². The quantitative estimate of drug-likeness (QED) is 0.755. The second-order valence-corrected chi connectivity index (χ2v) is 7.30. The average Bonchev–Trinajstić information content (AvgIpc) is 2.58. The Kier molecular flexibility index (Phi) is 5.67. The molecule has 1 heterocycles. The van der Waals surface area contributed by atoms with Crippen LogP contribution in [0, 0.1) is 9.49 Å². The van der Waals surface area contributed by atoms with Crippen molar-refractivity contribution in [3.8, 4) is 0 Å². The predicted octanol–water partition coefficient (Wildman–Crippen LogP) is 4.14. The highest BCUT2D eigenvalue weighted by Gasteiger charge is 2.25. The number of nitrogens with zero attached hydrogens (tertiary/aromatic N) is 1. The maximum Gasteiger partial charge on any atom is 0.228 e. The lowest BCUT2D eigenvalue weighted by Crippen LogP contribution is -2.40. The summed E-state index contributed by atoms with van der Waals surface area (Å²) < 4.78 is 1.17. The SMILES string of the molecule is O=C(Nc1ccc(I)cc1)[C@@H]1CCCN(Cc2ccccc2)C1. The van der Waals surface area contributed by atoms with Gasteiger partial charge in [0.05, 0.1) is 5.92 Å². The van der Waals surface area contributed by atoms with E-state index < -0.39 is 0 Å². The number of rotatable bonds is 4. The molecule has 1 atom stereocenters. The predicted molar refractivity (Wildman–Crippen MR) is 102 cm³/mol. The Morgan fingerprint density at radius 2 is 1.87 bits per heavy atom. The normalized spacial score (nSPS) is 18.6. The lowest BCUT2D eigenvalue weighted by Gasteiger charge is -2.32. The number of anilines is 1. The molecule has 3 rings (SSSR count). The zero-order chi connectivity index (χ0) is 16.1. The number of amides is 1. The highest BCUT2D eigenvalue weighted by atomic mass is 127. The summed E-state index contributed by atoms with van der Waals surface area (Å²) in [5, 5.41) is 3.05. The van der Waals surface area contributed by atoms with E-state index in [1.54, 1.807) is 0 Å². The van der Waals surface area contributed by atoms with E-state index >= 15 is 0 Å². The summed E-state index contributed by atoms with van der Waals surface area (Å²) in [7, 11) is 0. The first-order chi connectivity index (χ1) is 11.2. The Hall–Kier alpha value is -1.40. The molecule has 0 radical (unpaired) electrons. The van der Waals surface area contributed by atoms with Crippen molar-refractivity contribution in [1.29, 1.82) is 0 Å². The molecule has 4 heteroatoms. The monoisotopic (exact) mass is 420 g/mol. The number of piperidine rings is 1. The molecule has 0 unspecified atom stereocenters. The minimum atomic E-state index is 0.0757. The third kappa shape index (κ3) is 4.78. The molecule has 1 saturated heterocycles. The van der Waals surface area contributed by atoms with Crippen molar-refractivity contribution in [2.24, 2.45) is 5.92 Å². The molecule has 0 bridgehead atoms. The van der Waals surface area contributed by atoms with E-state index in [0.29, 0.717) is 0 Å². The number of benzene rings is 2. The fraction of sp³-hybridized carbons (Fsp3) is 0.316. The summed E-state index contributed by atoms with van der Waals surface area (Å²) >= 11 is 2.27. The molecular formula is C19H21IN2O. The van der Waals surface area contributed by atoms with Crippen LogP contribution in [0.15, 0.2) is 54.6 Å². The van der Waals surface area contributed by atoms with Crippen LogP contribution in [0.2, 0.25) is 0 Å². The van der Waals surface area contributed by atoms with Crippen molar-refractivity contribution < 1.29 is 4.79 Å². The van der Waals surface area contributed by atoms with Crippen molar-refractivity contribution in [2.45, 2.75) is 19.4 Å². The molecule has 0 aliphatic carbocycles. The van der Waals surface area contributed by atoms with Gasteiger partial charge in [-0.25, -0.2) is 0 Å². The molecular weight excluding hydrogens is 399 g/mol. The second-order valence-electron chi connectivity index (χ2n) is 6.06. The van der Waals surface area contributed by atoms with Gasteiger partial charge in [-0.05, 0) is 71.8 Å². The number of carbonyl (C=O) groups is 1. The van der Waals surface area contributed by atoms with Crippen LogP contribution in [0.4, 0.5) is 5.69 Å². The summed E-state index contributed by atoms with van der Waals surface area (Å²) in [6.07, 6.45) is 2.05. The van der Waals surface area contributed by atoms with Gasteiger partial charge in [-0.2, -0.15) is 0 Å². The fourth-order valence-electron chi connectivity index (χ4n) is 3.03. The molecule has 1 amide bonds. The topological polar surface area (TPSA) is 32.3 Å². The number of nitrogens with one attached hydrogen (secondary N) is 1. The lowest BCUT2D eigenvalue weighted by molar-refractivity contribution is -0.121. The number of halogens is 1. The Morgan fingerprint density at radius 1 is 1.13 bits per heavy atom. The molecule has 0 aromatic heterocycles. The van der Waals surface area contributed by atoms with Gasteiger partial charge in [-0.15, -0.1) is 0 Å². The van der Waals surface area contributed by atoms with Crippen LogP contribution in [0.1, 0.15) is 18.4 Å². The van der Waals surface area contributed by atoms with E-state index in [9.17, 15) is 4.79 Å². The van der Waals surface area contributed by atoms with Crippen molar-refractivity contribution in [3.05, 3.63) is 63.7 Å². The minimum absolute atomic E-state index is 0.0757. The maximum absolute atomic E-state index is 12.5. The molecule has 0 spiro atoms. The minimum Gasteiger partial charge on any atom is -0.326 e. The maximum atomic E-state index is 12.5. The molecule has 23 heavy (non-hydrogen) atoms. The van der Waals surface area contributed by atoms with Crippen LogP contribution in [0.3, 0.4) is 0 Å². The van der Waals surface area contributed by atoms with E-state index in [1.165, 1.54) is 9.13 Å². The van der Waals surface area contributed by atoms with E-state index in [-0.39, 0.29) is 11.8 Å². The van der Waals surface area contributed by atoms with Gasteiger partial charge in [0, 0.05) is 22.3 Å². The van der Waals surface area contributed by atoms with Gasteiger partial charge in [-0.3, -0.25) is 9.69 Å². The molecule has 1 fully saturated rings. The number of carbonyl (C=O) groups excluding carboxylic acids is 1. The van der Waals surface area contributed by atoms with Crippen molar-refractivity contribution >= 4 is 34.2 Å². The van der Waals surface area contributed by atoms with Crippen LogP contribution in [0.25, 0.3) is 0 Å². The summed E-state index contributed by atoms with van der Waals surface area (Å²) in [5.74, 6) is 0.218. The fourth-order valence-corrected chi connectivity index (χ4v) is 3.39. The smallest absolute Gasteiger partial charge is 0.228 e. The highest BCUT2D eigenvalue weighted by molar-refractivity contribution is 14.1. The number of hydrogen-bond acceptors (Lipinski definition) is 2. The van der Waals surface area contributed by atoms with Crippen LogP contribution < -0.4 is 5.32 Å². The first kappa shape index (κ1) is 16.5. The Labute approximate surface area is 151 Å². The Balaban J connectivity index is 1.57. The molecule has 1 aliphatic heterocycles. The second kappa shape index (κ2) is 7.93. The Bertz CT molecular complexity index is 642. The summed E-state index contributed by atoms with van der Waals surface area (Å²) in [5.41, 5.74) is 2.20. The molecule has 120 valence electrons. The first-order valence-corrected chi connectivity index (χ1v) is 9.11. The third-order valence-corrected chi connectivity index (χ3v) is 4.96. The van der Waals surface area contributed by atoms with Crippen molar-refractivity contribution in [2.75, 3.05) is 18.4 Å². The van der Waals surface area contributed by atoms with Gasteiger partial charge in [0.1, 0.15) is 0 Å². The average molecular weight is 420 g/mol. The van der Waals surface area contributed by atoms with Crippen molar-refractivity contribution in [1.82, 2.24) is 4.90 Å². The molecule has 2 aromatic carbocycles. The highest BCUT2D eigenvalue weighted by Crippen LogP contribution is 2.21. The van der Waals surface area contributed by atoms with Crippen molar-refractivity contribution in [3.63, 3.8) is 0 Å². The van der Waals surface area contributed by atoms with Gasteiger partial charge in [0.15, 0.2) is 0 Å². The zero-order valence-electron chi connectivity index (χ0n) is 13.0. The molecule has 0 saturated carbocycles. The largest absolute Gasteiger partial charge is 0.326 e. The van der Waals surface area contributed by atoms with Crippen LogP contribution >= 0.6 is 22.6 Å². The van der Waals surface area contributed by atoms with Crippen LogP contribution in [0.5, 0.6) is 0 Å². The molecule has 3 nitrogen and oxygen atoms in total. The van der Waals surface area contributed by atoms with E-state index in [1.807, 2.05) is 30.3 Å². The van der Waals surface area contributed by atoms with Crippen LogP contribution in [-0.2, 0) is 11.3 Å². The molecule has 1 aliphatic rings. The molecule has 2 aromatic rings. The molecule has 1 N–H and O–H groups in total. The standard InChI is InChI=1S/C19H21IN2O/c20-17-8-10-18(11-9-17)21-19(23)16-7-4-12-22(14-16)13-15-5-2-1-3-6-15/h1-3,5-6,8-11,16H,4,7,12-14H2,(H,21,23)/t16-/m1/s1. The summed E-state index contributed by atoms with van der Waals surface area (Å²) in [4.78, 5) is 14.9. The Morgan fingerprint density at radius 3 is 2.61 bits per heavy atom. The van der Waals surface area contributed by atoms with E-state index in [2.05, 4.69) is 57.1 Å². The van der Waals surface area contributed by atoms with E-state index in [0.717, 1.165) is 38.2 Å². The third-order valence-electron chi connectivity index (χ3n) is 4.24. The number of likely N-dealkylation sites (tertiary alicyclic amines) is 1. The van der Waals surface area contributed by atoms with Gasteiger partial charge in [-0.1, -0.05) is 30.3 Å². The lowest BCUT2D eigenvalue weighted by atomic mass is 9.96. The van der Waals surface area contributed by atoms with Gasteiger partial charge >= 0.3 is 0 Å². The van der Waals surface area contributed by atoms with E-state index in [4.69, 9.17) is 0 Å². The summed E-state index contributed by atoms with van der Waals surface area (Å²) in [6.45, 7) is 2.83. The first-order valence-electron chi connectivity index (χ1n) is 8.03. The number of hydrogen-bond donors (Lipinski definition) is 1.